The molecule has 0 unspecified atom stereocenters. The summed E-state index contributed by atoms with van der Waals surface area (Å²) in [4.78, 5) is 11.6. The van der Waals surface area contributed by atoms with Crippen molar-refractivity contribution < 1.29 is 14.3 Å². The Balaban J connectivity index is 2.25. The molecule has 1 aliphatic heterocycles. The minimum Gasteiger partial charge on any atom is -0.505 e. The second kappa shape index (κ2) is 5.34. The normalized spacial score (nSPS) is 22.1. The van der Waals surface area contributed by atoms with Gasteiger partial charge in [0.25, 0.3) is 0 Å². The van der Waals surface area contributed by atoms with Gasteiger partial charge in [-0.15, -0.1) is 0 Å². The van der Waals surface area contributed by atoms with E-state index in [0.29, 0.717) is 12.2 Å². The Morgan fingerprint density at radius 3 is 2.82 bits per heavy atom. The van der Waals surface area contributed by atoms with E-state index in [4.69, 9.17) is 9.47 Å². The minimum atomic E-state index is -0.250. The molecule has 3 nitrogen and oxygen atoms in total. The molecule has 1 aromatic carbocycles. The van der Waals surface area contributed by atoms with Gasteiger partial charge in [0.1, 0.15) is 6.61 Å². The van der Waals surface area contributed by atoms with Crippen molar-refractivity contribution in [3.63, 3.8) is 0 Å². The average molecular weight is 230 g/mol. The molecule has 1 saturated heterocycles. The third-order valence-electron chi connectivity index (χ3n) is 2.60. The molecule has 0 aliphatic carbocycles. The third-order valence-corrected chi connectivity index (χ3v) is 2.60. The molecule has 0 saturated carbocycles. The zero-order chi connectivity index (χ0) is 12.1. The van der Waals surface area contributed by atoms with Crippen molar-refractivity contribution in [1.82, 2.24) is 0 Å². The molecule has 0 amide bonds. The topological polar surface area (TPSA) is 35.5 Å². The minimum absolute atomic E-state index is 0.0253. The van der Waals surface area contributed by atoms with Crippen LogP contribution >= 0.6 is 0 Å². The molecule has 1 aromatic rings. The van der Waals surface area contributed by atoms with Gasteiger partial charge < -0.3 is 9.47 Å². The van der Waals surface area contributed by atoms with Crippen LogP contribution < -0.4 is 0 Å². The Kier molecular flexibility index (Phi) is 3.60. The van der Waals surface area contributed by atoms with E-state index >= 15 is 0 Å². The van der Waals surface area contributed by atoms with Gasteiger partial charge in [-0.25, -0.2) is 4.79 Å². The maximum absolute atomic E-state index is 11.6. The van der Waals surface area contributed by atoms with Crippen molar-refractivity contribution in [2.24, 2.45) is 5.92 Å². The lowest BCUT2D eigenvalue weighted by atomic mass is 10.00. The zero-order valence-corrected chi connectivity index (χ0v) is 9.63. The fraction of sp³-hybridized carbons (Fsp3) is 0.214. The molecule has 1 atom stereocenters. The molecule has 0 N–H and O–H groups in total. The predicted octanol–water partition coefficient (Wildman–Crippen LogP) is 2.40. The Bertz CT molecular complexity index is 446. The van der Waals surface area contributed by atoms with Crippen molar-refractivity contribution in [3.05, 3.63) is 53.8 Å². The Labute approximate surface area is 100 Å². The molecule has 17 heavy (non-hydrogen) atoms. The summed E-state index contributed by atoms with van der Waals surface area (Å²) < 4.78 is 9.90. The number of methoxy groups -OCH3 is 1. The highest BCUT2D eigenvalue weighted by Gasteiger charge is 2.28. The van der Waals surface area contributed by atoms with E-state index in [9.17, 15) is 4.79 Å². The summed E-state index contributed by atoms with van der Waals surface area (Å²) >= 11 is 0. The molecule has 1 fully saturated rings. The summed E-state index contributed by atoms with van der Waals surface area (Å²) in [5.74, 6) is -0.276. The van der Waals surface area contributed by atoms with Crippen LogP contribution in [0, 0.1) is 5.92 Å². The smallest absolute Gasteiger partial charge is 0.334 e. The summed E-state index contributed by atoms with van der Waals surface area (Å²) in [6.45, 7) is 0.386. The van der Waals surface area contributed by atoms with E-state index in [-0.39, 0.29) is 11.9 Å². The second-order valence-corrected chi connectivity index (χ2v) is 3.78. The summed E-state index contributed by atoms with van der Waals surface area (Å²) in [6.07, 6.45) is 5.27. The molecule has 1 heterocycles. The SMILES string of the molecule is CO/C=C/[C@@H]1COC(=O)/C1=C/c1ccccc1. The van der Waals surface area contributed by atoms with Gasteiger partial charge in [0.15, 0.2) is 0 Å². The van der Waals surface area contributed by atoms with Gasteiger partial charge in [-0.2, -0.15) is 0 Å². The van der Waals surface area contributed by atoms with Crippen molar-refractivity contribution in [3.8, 4) is 0 Å². The number of hydrogen-bond acceptors (Lipinski definition) is 3. The number of carbonyl (C=O) groups excluding carboxylic acids is 1. The highest BCUT2D eigenvalue weighted by molar-refractivity contribution is 5.96. The molecule has 0 aromatic heterocycles. The molecule has 0 spiro atoms. The summed E-state index contributed by atoms with van der Waals surface area (Å²) in [6, 6.07) is 9.72. The predicted molar refractivity (Wildman–Crippen MR) is 65.0 cm³/mol. The molecular weight excluding hydrogens is 216 g/mol. The van der Waals surface area contributed by atoms with Crippen LogP contribution in [0.1, 0.15) is 5.56 Å². The third kappa shape index (κ3) is 2.75. The summed E-state index contributed by atoms with van der Waals surface area (Å²) in [7, 11) is 1.58. The van der Waals surface area contributed by atoms with Crippen LogP contribution in [0.3, 0.4) is 0 Å². The first-order chi connectivity index (χ1) is 8.31. The molecule has 88 valence electrons. The number of hydrogen-bond donors (Lipinski definition) is 0. The fourth-order valence-electron chi connectivity index (χ4n) is 1.72. The van der Waals surface area contributed by atoms with Gasteiger partial charge in [-0.1, -0.05) is 30.3 Å². The zero-order valence-electron chi connectivity index (χ0n) is 9.63. The number of rotatable bonds is 3. The van der Waals surface area contributed by atoms with Crippen LogP contribution in [0.4, 0.5) is 0 Å². The number of cyclic esters (lactones) is 1. The van der Waals surface area contributed by atoms with E-state index in [0.717, 1.165) is 5.56 Å². The fourth-order valence-corrected chi connectivity index (χ4v) is 1.72. The van der Waals surface area contributed by atoms with E-state index < -0.39 is 0 Å². The molecule has 3 heteroatoms. The Morgan fingerprint density at radius 1 is 1.35 bits per heavy atom. The quantitative estimate of drug-likeness (QED) is 0.454. The van der Waals surface area contributed by atoms with E-state index in [1.807, 2.05) is 42.5 Å². The number of ether oxygens (including phenoxy) is 2. The van der Waals surface area contributed by atoms with E-state index in [1.54, 1.807) is 13.4 Å². The molecule has 2 rings (SSSR count). The maximum Gasteiger partial charge on any atom is 0.334 e. The molecule has 1 aliphatic rings. The van der Waals surface area contributed by atoms with Crippen molar-refractivity contribution in [2.75, 3.05) is 13.7 Å². The van der Waals surface area contributed by atoms with Gasteiger partial charge >= 0.3 is 5.97 Å². The van der Waals surface area contributed by atoms with Crippen molar-refractivity contribution >= 4 is 12.0 Å². The van der Waals surface area contributed by atoms with Crippen LogP contribution in [0.2, 0.25) is 0 Å². The van der Waals surface area contributed by atoms with Gasteiger partial charge in [0, 0.05) is 11.5 Å². The van der Waals surface area contributed by atoms with Crippen LogP contribution in [-0.4, -0.2) is 19.7 Å². The highest BCUT2D eigenvalue weighted by Crippen LogP contribution is 2.25. The second-order valence-electron chi connectivity index (χ2n) is 3.78. The van der Waals surface area contributed by atoms with Crippen molar-refractivity contribution in [2.45, 2.75) is 0 Å². The Hall–Kier alpha value is -2.03. The van der Waals surface area contributed by atoms with Crippen molar-refractivity contribution in [1.29, 1.82) is 0 Å². The van der Waals surface area contributed by atoms with Gasteiger partial charge in [-0.05, 0) is 17.7 Å². The number of benzene rings is 1. The Morgan fingerprint density at radius 2 is 2.12 bits per heavy atom. The molecule has 0 bridgehead atoms. The van der Waals surface area contributed by atoms with Crippen LogP contribution in [0.25, 0.3) is 6.08 Å². The summed E-state index contributed by atoms with van der Waals surface area (Å²) in [5.41, 5.74) is 1.67. The van der Waals surface area contributed by atoms with Crippen LogP contribution in [0.5, 0.6) is 0 Å². The molecular formula is C14H14O3. The largest absolute Gasteiger partial charge is 0.505 e. The highest BCUT2D eigenvalue weighted by atomic mass is 16.5. The summed E-state index contributed by atoms with van der Waals surface area (Å²) in [5, 5.41) is 0. The van der Waals surface area contributed by atoms with Crippen LogP contribution in [-0.2, 0) is 14.3 Å². The average Bonchev–Trinajstić information content (AvgIpc) is 2.70. The van der Waals surface area contributed by atoms with Crippen LogP contribution in [0.15, 0.2) is 48.2 Å². The number of esters is 1. The lowest BCUT2D eigenvalue weighted by Crippen LogP contribution is -2.00. The first-order valence-corrected chi connectivity index (χ1v) is 5.44. The first kappa shape index (κ1) is 11.5. The van der Waals surface area contributed by atoms with E-state index in [1.165, 1.54) is 0 Å². The lowest BCUT2D eigenvalue weighted by molar-refractivity contribution is -0.135. The monoisotopic (exact) mass is 230 g/mol. The van der Waals surface area contributed by atoms with Gasteiger partial charge in [0.2, 0.25) is 0 Å². The standard InChI is InChI=1S/C14H14O3/c1-16-8-7-12-10-17-14(15)13(12)9-11-5-3-2-4-6-11/h2-9,12H,10H2,1H3/b8-7+,13-9+/t12-/m1/s1. The van der Waals surface area contributed by atoms with E-state index in [2.05, 4.69) is 0 Å². The lowest BCUT2D eigenvalue weighted by Gasteiger charge is -2.01. The first-order valence-electron chi connectivity index (χ1n) is 5.44. The number of carbonyl (C=O) groups is 1. The molecule has 0 radical (unpaired) electrons. The maximum atomic E-state index is 11.6. The van der Waals surface area contributed by atoms with Gasteiger partial charge in [0.05, 0.1) is 13.4 Å². The van der Waals surface area contributed by atoms with Gasteiger partial charge in [-0.3, -0.25) is 0 Å².